The third-order valence-electron chi connectivity index (χ3n) is 5.98. The van der Waals surface area contributed by atoms with Gasteiger partial charge in [-0.05, 0) is 47.8 Å². The van der Waals surface area contributed by atoms with Gasteiger partial charge >= 0.3 is 0 Å². The number of rotatable bonds is 7. The van der Waals surface area contributed by atoms with E-state index in [4.69, 9.17) is 9.47 Å². The van der Waals surface area contributed by atoms with Gasteiger partial charge in [0.25, 0.3) is 0 Å². The van der Waals surface area contributed by atoms with Crippen LogP contribution in [0.5, 0.6) is 17.4 Å². The average molecular weight is 511 g/mol. The van der Waals surface area contributed by atoms with Crippen LogP contribution in [0.2, 0.25) is 0 Å². The molecule has 0 spiro atoms. The van der Waals surface area contributed by atoms with E-state index in [1.807, 2.05) is 40.6 Å². The van der Waals surface area contributed by atoms with E-state index >= 15 is 0 Å². The summed E-state index contributed by atoms with van der Waals surface area (Å²) in [6.45, 7) is 6.11. The Morgan fingerprint density at radius 3 is 2.53 bits per heavy atom. The van der Waals surface area contributed by atoms with Crippen molar-refractivity contribution < 1.29 is 23.0 Å². The Kier molecular flexibility index (Phi) is 7.06. The molecule has 7 nitrogen and oxygen atoms in total. The van der Waals surface area contributed by atoms with E-state index in [2.05, 4.69) is 14.9 Å². The highest BCUT2D eigenvalue weighted by Gasteiger charge is 2.18. The number of hydrogen-bond acceptors (Lipinski definition) is 7. The molecule has 1 saturated heterocycles. The van der Waals surface area contributed by atoms with Crippen LogP contribution in [0.25, 0.3) is 21.6 Å². The molecular weight excluding hydrogens is 486 g/mol. The van der Waals surface area contributed by atoms with Crippen LogP contribution in [0.4, 0.5) is 8.78 Å². The summed E-state index contributed by atoms with van der Waals surface area (Å²) < 4.78 is 39.7. The first kappa shape index (κ1) is 24.1. The highest BCUT2D eigenvalue weighted by Crippen LogP contribution is 2.34. The van der Waals surface area contributed by atoms with E-state index in [1.165, 1.54) is 17.4 Å². The van der Waals surface area contributed by atoms with Gasteiger partial charge in [-0.15, -0.1) is 11.3 Å². The summed E-state index contributed by atoms with van der Waals surface area (Å²) in [5, 5.41) is 1.86. The summed E-state index contributed by atoms with van der Waals surface area (Å²) in [5.41, 5.74) is 1.42. The Balaban J connectivity index is 1.25. The van der Waals surface area contributed by atoms with Crippen LogP contribution in [0, 0.1) is 11.6 Å². The fraction of sp³-hybridized carbons (Fsp3) is 0.269. The molecule has 0 radical (unpaired) electrons. The maximum absolute atomic E-state index is 14.2. The van der Waals surface area contributed by atoms with Gasteiger partial charge in [0.05, 0.1) is 5.52 Å². The second-order valence-electron chi connectivity index (χ2n) is 8.38. The highest BCUT2D eigenvalue weighted by atomic mass is 32.1. The molecular formula is C26H24F2N4O3S. The van der Waals surface area contributed by atoms with E-state index in [9.17, 15) is 13.6 Å². The number of ether oxygens (including phenoxy) is 2. The van der Waals surface area contributed by atoms with Crippen molar-refractivity contribution in [1.82, 2.24) is 19.8 Å². The summed E-state index contributed by atoms with van der Waals surface area (Å²) in [7, 11) is 0. The predicted molar refractivity (Wildman–Crippen MR) is 133 cm³/mol. The van der Waals surface area contributed by atoms with Crippen molar-refractivity contribution in [2.24, 2.45) is 0 Å². The Bertz CT molecular complexity index is 1370. The number of hydrogen-bond donors (Lipinski definition) is 0. The molecule has 3 heterocycles. The van der Waals surface area contributed by atoms with Gasteiger partial charge in [0, 0.05) is 51.3 Å². The molecule has 36 heavy (non-hydrogen) atoms. The van der Waals surface area contributed by atoms with E-state index in [0.29, 0.717) is 22.6 Å². The van der Waals surface area contributed by atoms with Crippen LogP contribution in [-0.4, -0.2) is 65.0 Å². The Morgan fingerprint density at radius 2 is 1.81 bits per heavy atom. The van der Waals surface area contributed by atoms with Gasteiger partial charge in [-0.1, -0.05) is 0 Å². The molecule has 1 aliphatic heterocycles. The summed E-state index contributed by atoms with van der Waals surface area (Å²) >= 11 is 1.38. The molecule has 2 aromatic heterocycles. The minimum absolute atomic E-state index is 0.109. The molecule has 1 aliphatic rings. The molecule has 1 amide bonds. The summed E-state index contributed by atoms with van der Waals surface area (Å²) in [5.74, 6) is -0.113. The lowest BCUT2D eigenvalue weighted by Gasteiger charge is -2.34. The zero-order chi connectivity index (χ0) is 25.1. The van der Waals surface area contributed by atoms with Crippen molar-refractivity contribution in [3.8, 4) is 28.8 Å². The maximum Gasteiger partial charge on any atom is 0.241 e. The van der Waals surface area contributed by atoms with Gasteiger partial charge in [0.1, 0.15) is 22.9 Å². The standard InChI is InChI=1S/C26H24F2N4O3S/c1-17(33)32-11-9-31(10-12-32)13-14-34-20-5-2-18(3-6-20)25-29-22-8-15-36-24(22)26(30-25)35-23-7-4-19(27)16-21(23)28/h2-8,15-16H,9-14H2,1H3. The van der Waals surface area contributed by atoms with Crippen LogP contribution < -0.4 is 9.47 Å². The van der Waals surface area contributed by atoms with Gasteiger partial charge in [-0.2, -0.15) is 4.98 Å². The number of benzene rings is 2. The Morgan fingerprint density at radius 1 is 1.03 bits per heavy atom. The molecule has 0 aliphatic carbocycles. The maximum atomic E-state index is 14.2. The predicted octanol–water partition coefficient (Wildman–Crippen LogP) is 4.97. The zero-order valence-electron chi connectivity index (χ0n) is 19.6. The van der Waals surface area contributed by atoms with E-state index in [-0.39, 0.29) is 17.5 Å². The van der Waals surface area contributed by atoms with Crippen LogP contribution in [0.3, 0.4) is 0 Å². The van der Waals surface area contributed by atoms with Crippen LogP contribution >= 0.6 is 11.3 Å². The quantitative estimate of drug-likeness (QED) is 0.350. The van der Waals surface area contributed by atoms with Gasteiger partial charge < -0.3 is 14.4 Å². The molecule has 186 valence electrons. The van der Waals surface area contributed by atoms with Crippen molar-refractivity contribution in [2.75, 3.05) is 39.3 Å². The largest absolute Gasteiger partial charge is 0.492 e. The molecule has 1 fully saturated rings. The fourth-order valence-corrected chi connectivity index (χ4v) is 4.73. The van der Waals surface area contributed by atoms with Crippen LogP contribution in [-0.2, 0) is 4.79 Å². The molecule has 5 rings (SSSR count). The zero-order valence-corrected chi connectivity index (χ0v) is 20.4. The van der Waals surface area contributed by atoms with E-state index in [0.717, 1.165) is 56.2 Å². The van der Waals surface area contributed by atoms with Crippen LogP contribution in [0.15, 0.2) is 53.9 Å². The number of fused-ring (bicyclic) bond motifs is 1. The topological polar surface area (TPSA) is 67.8 Å². The number of halogens is 2. The van der Waals surface area contributed by atoms with Gasteiger partial charge in [-0.25, -0.2) is 13.8 Å². The lowest BCUT2D eigenvalue weighted by Crippen LogP contribution is -2.48. The molecule has 2 aromatic carbocycles. The molecule has 0 saturated carbocycles. The molecule has 10 heteroatoms. The van der Waals surface area contributed by atoms with Crippen molar-refractivity contribution in [2.45, 2.75) is 6.92 Å². The first-order chi connectivity index (χ1) is 17.5. The minimum atomic E-state index is -0.804. The van der Waals surface area contributed by atoms with Gasteiger partial charge in [-0.3, -0.25) is 9.69 Å². The third-order valence-corrected chi connectivity index (χ3v) is 6.87. The van der Waals surface area contributed by atoms with E-state index in [1.54, 1.807) is 6.92 Å². The SMILES string of the molecule is CC(=O)N1CCN(CCOc2ccc(-c3nc(Oc4ccc(F)cc4F)c4sccc4n3)cc2)CC1. The minimum Gasteiger partial charge on any atom is -0.492 e. The molecule has 0 N–H and O–H groups in total. The number of piperazine rings is 1. The monoisotopic (exact) mass is 510 g/mol. The number of carbonyl (C=O) groups is 1. The molecule has 0 bridgehead atoms. The second kappa shape index (κ2) is 10.5. The summed E-state index contributed by atoms with van der Waals surface area (Å²) in [6.07, 6.45) is 0. The molecule has 4 aromatic rings. The number of aromatic nitrogens is 2. The van der Waals surface area contributed by atoms with Gasteiger partial charge in [0.2, 0.25) is 11.8 Å². The molecule has 0 unspecified atom stereocenters. The van der Waals surface area contributed by atoms with Crippen LogP contribution in [0.1, 0.15) is 6.92 Å². The molecule has 0 atom stereocenters. The number of nitrogens with zero attached hydrogens (tertiary/aromatic N) is 4. The number of carbonyl (C=O) groups excluding carboxylic acids is 1. The number of amides is 1. The third kappa shape index (κ3) is 5.44. The van der Waals surface area contributed by atoms with Gasteiger partial charge in [0.15, 0.2) is 17.4 Å². The first-order valence-corrected chi connectivity index (χ1v) is 12.4. The smallest absolute Gasteiger partial charge is 0.241 e. The van der Waals surface area contributed by atoms with Crippen molar-refractivity contribution in [3.05, 3.63) is 65.5 Å². The lowest BCUT2D eigenvalue weighted by atomic mass is 10.2. The summed E-state index contributed by atoms with van der Waals surface area (Å²) in [6, 6.07) is 12.4. The van der Waals surface area contributed by atoms with Crippen molar-refractivity contribution >= 4 is 27.5 Å². The van der Waals surface area contributed by atoms with E-state index < -0.39 is 11.6 Å². The first-order valence-electron chi connectivity index (χ1n) is 11.6. The van der Waals surface area contributed by atoms with Crippen molar-refractivity contribution in [3.63, 3.8) is 0 Å². The fourth-order valence-electron chi connectivity index (χ4n) is 3.98. The lowest BCUT2D eigenvalue weighted by molar-refractivity contribution is -0.130. The summed E-state index contributed by atoms with van der Waals surface area (Å²) in [4.78, 5) is 24.7. The highest BCUT2D eigenvalue weighted by molar-refractivity contribution is 7.17. The Hall–Kier alpha value is -3.63. The number of thiophene rings is 1. The average Bonchev–Trinajstić information content (AvgIpc) is 3.36. The normalized spacial score (nSPS) is 14.2. The Labute approximate surface area is 210 Å². The van der Waals surface area contributed by atoms with Crippen molar-refractivity contribution in [1.29, 1.82) is 0 Å². The second-order valence-corrected chi connectivity index (χ2v) is 9.30.